The first-order valence-electron chi connectivity index (χ1n) is 10.6. The van der Waals surface area contributed by atoms with E-state index in [0.717, 1.165) is 69.2 Å². The van der Waals surface area contributed by atoms with Crippen LogP contribution in [0.4, 0.5) is 4.39 Å². The molecule has 5 nitrogen and oxygen atoms in total. The maximum Gasteiger partial charge on any atom is 0.211 e. The van der Waals surface area contributed by atoms with Gasteiger partial charge in [-0.15, -0.1) is 0 Å². The Morgan fingerprint density at radius 1 is 1.07 bits per heavy atom. The van der Waals surface area contributed by atoms with Crippen LogP contribution in [0, 0.1) is 11.7 Å². The first-order valence-corrected chi connectivity index (χ1v) is 12.5. The summed E-state index contributed by atoms with van der Waals surface area (Å²) in [6.07, 6.45) is 9.25. The maximum absolute atomic E-state index is 14.1. The highest BCUT2D eigenvalue weighted by atomic mass is 32.2. The van der Waals surface area contributed by atoms with Crippen LogP contribution in [0.3, 0.4) is 0 Å². The van der Waals surface area contributed by atoms with E-state index < -0.39 is 10.0 Å². The number of likely N-dealkylation sites (tertiary alicyclic amines) is 1. The van der Waals surface area contributed by atoms with Gasteiger partial charge in [-0.3, -0.25) is 9.88 Å². The predicted octanol–water partition coefficient (Wildman–Crippen LogP) is 3.79. The van der Waals surface area contributed by atoms with E-state index in [2.05, 4.69) is 9.88 Å². The summed E-state index contributed by atoms with van der Waals surface area (Å²) in [5.74, 6) is 0.187. The quantitative estimate of drug-likeness (QED) is 0.757. The predicted molar refractivity (Wildman–Crippen MR) is 114 cm³/mol. The molecule has 0 saturated carbocycles. The van der Waals surface area contributed by atoms with E-state index in [1.807, 2.05) is 6.07 Å². The molecule has 2 aliphatic rings. The number of halogens is 1. The Bertz CT molecular complexity index is 958. The molecule has 0 spiro atoms. The third kappa shape index (κ3) is 4.62. The van der Waals surface area contributed by atoms with Crippen molar-refractivity contribution in [2.45, 2.75) is 51.1 Å². The maximum atomic E-state index is 14.1. The Morgan fingerprint density at radius 2 is 1.86 bits per heavy atom. The van der Waals surface area contributed by atoms with Crippen LogP contribution in [-0.2, 0) is 16.6 Å². The number of nitrogens with zero attached hydrogens (tertiary/aromatic N) is 3. The van der Waals surface area contributed by atoms with Crippen LogP contribution in [0.15, 0.2) is 30.5 Å². The summed E-state index contributed by atoms with van der Waals surface area (Å²) in [5, 5.41) is 0.571. The zero-order valence-corrected chi connectivity index (χ0v) is 17.9. The molecule has 29 heavy (non-hydrogen) atoms. The summed E-state index contributed by atoms with van der Waals surface area (Å²) in [6, 6.07) is 7.05. The van der Waals surface area contributed by atoms with Crippen LogP contribution in [0.25, 0.3) is 10.9 Å². The summed E-state index contributed by atoms with van der Waals surface area (Å²) < 4.78 is 40.5. The van der Waals surface area contributed by atoms with Crippen molar-refractivity contribution >= 4 is 20.9 Å². The van der Waals surface area contributed by atoms with Gasteiger partial charge in [0.25, 0.3) is 0 Å². The highest BCUT2D eigenvalue weighted by Gasteiger charge is 2.35. The molecule has 0 radical (unpaired) electrons. The molecule has 0 amide bonds. The number of benzene rings is 1. The third-order valence-electron chi connectivity index (χ3n) is 6.54. The molecule has 1 unspecified atom stereocenters. The van der Waals surface area contributed by atoms with E-state index in [1.165, 1.54) is 12.3 Å². The minimum atomic E-state index is -3.16. The van der Waals surface area contributed by atoms with Crippen LogP contribution in [0.1, 0.15) is 44.1 Å². The summed E-state index contributed by atoms with van der Waals surface area (Å²) in [7, 11) is -3.16. The van der Waals surface area contributed by atoms with Crippen molar-refractivity contribution in [2.24, 2.45) is 5.92 Å². The molecular formula is C22H30FN3O2S. The second-order valence-corrected chi connectivity index (χ2v) is 10.4. The summed E-state index contributed by atoms with van der Waals surface area (Å²) in [5.41, 5.74) is 1.79. The smallest absolute Gasteiger partial charge is 0.211 e. The third-order valence-corrected chi connectivity index (χ3v) is 7.85. The van der Waals surface area contributed by atoms with E-state index in [1.54, 1.807) is 22.6 Å². The van der Waals surface area contributed by atoms with Crippen LogP contribution >= 0.6 is 0 Å². The van der Waals surface area contributed by atoms with Gasteiger partial charge in [0.1, 0.15) is 5.82 Å². The van der Waals surface area contributed by atoms with Gasteiger partial charge >= 0.3 is 0 Å². The Labute approximate surface area is 173 Å². The summed E-state index contributed by atoms with van der Waals surface area (Å²) in [4.78, 5) is 6.79. The number of hydrogen-bond acceptors (Lipinski definition) is 4. The Hall–Kier alpha value is -1.57. The van der Waals surface area contributed by atoms with Gasteiger partial charge in [-0.25, -0.2) is 12.8 Å². The minimum absolute atomic E-state index is 0.142. The Balaban J connectivity index is 1.44. The fourth-order valence-electron chi connectivity index (χ4n) is 5.05. The number of fused-ring (bicyclic) bond motifs is 1. The largest absolute Gasteiger partial charge is 0.299 e. The van der Waals surface area contributed by atoms with E-state index in [-0.39, 0.29) is 11.9 Å². The van der Waals surface area contributed by atoms with Gasteiger partial charge in [-0.05, 0) is 68.5 Å². The van der Waals surface area contributed by atoms with Crippen molar-refractivity contribution in [1.82, 2.24) is 14.2 Å². The molecule has 7 heteroatoms. The Kier molecular flexibility index (Phi) is 6.18. The monoisotopic (exact) mass is 419 g/mol. The van der Waals surface area contributed by atoms with E-state index in [9.17, 15) is 12.8 Å². The van der Waals surface area contributed by atoms with Crippen molar-refractivity contribution in [3.8, 4) is 0 Å². The molecule has 3 heterocycles. The second-order valence-electron chi connectivity index (χ2n) is 8.51. The average Bonchev–Trinajstić information content (AvgIpc) is 2.97. The van der Waals surface area contributed by atoms with Crippen LogP contribution in [0.2, 0.25) is 0 Å². The molecule has 2 aromatic rings. The number of sulfonamides is 1. The van der Waals surface area contributed by atoms with Gasteiger partial charge in [-0.1, -0.05) is 18.9 Å². The Morgan fingerprint density at radius 3 is 2.62 bits per heavy atom. The van der Waals surface area contributed by atoms with E-state index in [0.29, 0.717) is 17.8 Å². The normalized spacial score (nSPS) is 23.3. The topological polar surface area (TPSA) is 53.5 Å². The molecule has 1 atom stereocenters. The fourth-order valence-corrected chi connectivity index (χ4v) is 6.28. The van der Waals surface area contributed by atoms with Gasteiger partial charge < -0.3 is 0 Å². The van der Waals surface area contributed by atoms with Gasteiger partial charge in [0.2, 0.25) is 10.0 Å². The number of aromatic nitrogens is 1. The molecular weight excluding hydrogens is 389 g/mol. The van der Waals surface area contributed by atoms with Gasteiger partial charge in [0.05, 0.1) is 11.8 Å². The lowest BCUT2D eigenvalue weighted by atomic mass is 9.87. The number of rotatable bonds is 4. The standard InChI is InChI=1S/C22H30FN3O2S/c1-29(27,28)26-13-4-2-3-7-21(26)17-10-14-25(15-11-17)16-18-8-9-20(23)19-6-5-12-24-22(18)19/h5-6,8-9,12,17,21H,2-4,7,10-11,13-16H2,1H3. The van der Waals surface area contributed by atoms with E-state index in [4.69, 9.17) is 0 Å². The van der Waals surface area contributed by atoms with Crippen molar-refractivity contribution < 1.29 is 12.8 Å². The number of hydrogen-bond donors (Lipinski definition) is 0. The van der Waals surface area contributed by atoms with Crippen LogP contribution < -0.4 is 0 Å². The zero-order valence-electron chi connectivity index (χ0n) is 17.1. The van der Waals surface area contributed by atoms with Gasteiger partial charge in [-0.2, -0.15) is 4.31 Å². The second kappa shape index (κ2) is 8.66. The molecule has 2 saturated heterocycles. The number of pyridine rings is 1. The molecule has 0 N–H and O–H groups in total. The first-order chi connectivity index (χ1) is 13.9. The highest BCUT2D eigenvalue weighted by Crippen LogP contribution is 2.32. The van der Waals surface area contributed by atoms with E-state index >= 15 is 0 Å². The molecule has 2 aliphatic heterocycles. The molecule has 0 aliphatic carbocycles. The highest BCUT2D eigenvalue weighted by molar-refractivity contribution is 7.88. The lowest BCUT2D eigenvalue weighted by Gasteiger charge is -2.39. The molecule has 1 aromatic heterocycles. The van der Waals surface area contributed by atoms with Crippen molar-refractivity contribution in [3.05, 3.63) is 41.8 Å². The molecule has 2 fully saturated rings. The SMILES string of the molecule is CS(=O)(=O)N1CCCCCC1C1CCN(Cc2ccc(F)c3cccnc23)CC1. The first kappa shape index (κ1) is 20.7. The minimum Gasteiger partial charge on any atom is -0.299 e. The number of piperidine rings is 1. The lowest BCUT2D eigenvalue weighted by molar-refractivity contribution is 0.124. The average molecular weight is 420 g/mol. The van der Waals surface area contributed by atoms with Crippen molar-refractivity contribution in [2.75, 3.05) is 25.9 Å². The van der Waals surface area contributed by atoms with Gasteiger partial charge in [0, 0.05) is 30.7 Å². The molecule has 4 rings (SSSR count). The summed E-state index contributed by atoms with van der Waals surface area (Å²) >= 11 is 0. The summed E-state index contributed by atoms with van der Waals surface area (Å²) in [6.45, 7) is 3.28. The zero-order chi connectivity index (χ0) is 20.4. The van der Waals surface area contributed by atoms with Crippen LogP contribution in [-0.4, -0.2) is 54.5 Å². The lowest BCUT2D eigenvalue weighted by Crippen LogP contribution is -2.47. The molecule has 0 bridgehead atoms. The van der Waals surface area contributed by atoms with Crippen molar-refractivity contribution in [3.63, 3.8) is 0 Å². The van der Waals surface area contributed by atoms with Crippen molar-refractivity contribution in [1.29, 1.82) is 0 Å². The van der Waals surface area contributed by atoms with Gasteiger partial charge in [0.15, 0.2) is 0 Å². The van der Waals surface area contributed by atoms with Crippen LogP contribution in [0.5, 0.6) is 0 Å². The molecule has 1 aromatic carbocycles. The fraction of sp³-hybridized carbons (Fsp3) is 0.591. The molecule has 158 valence electrons.